The summed E-state index contributed by atoms with van der Waals surface area (Å²) in [5.41, 5.74) is 2.33. The quantitative estimate of drug-likeness (QED) is 0.782. The van der Waals surface area contributed by atoms with Crippen LogP contribution in [0.2, 0.25) is 0 Å². The molecule has 0 spiro atoms. The van der Waals surface area contributed by atoms with Crippen molar-refractivity contribution in [2.45, 2.75) is 26.7 Å². The van der Waals surface area contributed by atoms with Crippen LogP contribution in [0.4, 0.5) is 5.69 Å². The lowest BCUT2D eigenvalue weighted by molar-refractivity contribution is 0.489. The van der Waals surface area contributed by atoms with Gasteiger partial charge in [0, 0.05) is 0 Å². The van der Waals surface area contributed by atoms with Crippen LogP contribution in [-0.2, 0) is 10.3 Å². The molecule has 0 aliphatic rings. The van der Waals surface area contributed by atoms with Crippen molar-refractivity contribution in [1.29, 1.82) is 0 Å². The molecule has 2 N–H and O–H groups in total. The monoisotopic (exact) mass is 229 g/mol. The number of hydrogen-bond acceptors (Lipinski definition) is 2. The number of aryl methyl sites for hydroxylation is 1. The first-order valence-electron chi connectivity index (χ1n) is 4.65. The van der Waals surface area contributed by atoms with Gasteiger partial charge in [-0.25, -0.2) is 0 Å². The van der Waals surface area contributed by atoms with Crippen molar-refractivity contribution in [3.05, 3.63) is 29.3 Å². The standard InChI is InChI=1S/C10H15NO3S/c1-7(2)9-4-5-10(8(3)6-9)11-15(12,13)14/h4-7,11H,1-3H3,(H,12,13,14). The van der Waals surface area contributed by atoms with Crippen LogP contribution in [0, 0.1) is 6.92 Å². The Morgan fingerprint density at radius 2 is 1.93 bits per heavy atom. The SMILES string of the molecule is Cc1cc(C(C)C)ccc1NS(=O)(=O)O. The minimum atomic E-state index is -4.18. The first kappa shape index (κ1) is 12.0. The van der Waals surface area contributed by atoms with Crippen molar-refractivity contribution in [2.24, 2.45) is 0 Å². The van der Waals surface area contributed by atoms with Crippen LogP contribution in [0.5, 0.6) is 0 Å². The van der Waals surface area contributed by atoms with Gasteiger partial charge in [0.1, 0.15) is 0 Å². The third-order valence-electron chi connectivity index (χ3n) is 2.16. The third-order valence-corrected chi connectivity index (χ3v) is 2.63. The summed E-state index contributed by atoms with van der Waals surface area (Å²) in [5.74, 6) is 0.392. The second kappa shape index (κ2) is 4.20. The minimum absolute atomic E-state index is 0.392. The molecule has 1 aromatic carbocycles. The van der Waals surface area contributed by atoms with Crippen molar-refractivity contribution in [2.75, 3.05) is 4.72 Å². The molecular formula is C10H15NO3S. The summed E-state index contributed by atoms with van der Waals surface area (Å²) in [6.07, 6.45) is 0. The maximum Gasteiger partial charge on any atom is 0.357 e. The van der Waals surface area contributed by atoms with E-state index in [1.807, 2.05) is 16.9 Å². The average molecular weight is 229 g/mol. The third kappa shape index (κ3) is 3.53. The summed E-state index contributed by atoms with van der Waals surface area (Å²) in [6, 6.07) is 5.39. The van der Waals surface area contributed by atoms with E-state index >= 15 is 0 Å². The Morgan fingerprint density at radius 3 is 2.33 bits per heavy atom. The molecule has 0 saturated carbocycles. The predicted molar refractivity (Wildman–Crippen MR) is 60.4 cm³/mol. The highest BCUT2D eigenvalue weighted by molar-refractivity contribution is 7.87. The van der Waals surface area contributed by atoms with E-state index in [1.54, 1.807) is 13.0 Å². The summed E-state index contributed by atoms with van der Waals surface area (Å²) in [5, 5.41) is 0. The molecule has 0 heterocycles. The summed E-state index contributed by atoms with van der Waals surface area (Å²) in [7, 11) is -4.18. The highest BCUT2D eigenvalue weighted by Crippen LogP contribution is 2.22. The van der Waals surface area contributed by atoms with Gasteiger partial charge < -0.3 is 0 Å². The summed E-state index contributed by atoms with van der Waals surface area (Å²) < 4.78 is 31.9. The minimum Gasteiger partial charge on any atom is -0.269 e. The zero-order valence-corrected chi connectivity index (χ0v) is 9.80. The van der Waals surface area contributed by atoms with Gasteiger partial charge in [-0.1, -0.05) is 26.0 Å². The molecule has 0 unspecified atom stereocenters. The Kier molecular flexibility index (Phi) is 3.36. The van der Waals surface area contributed by atoms with Crippen molar-refractivity contribution < 1.29 is 13.0 Å². The van der Waals surface area contributed by atoms with E-state index < -0.39 is 10.3 Å². The Labute approximate surface area is 90.2 Å². The number of anilines is 1. The number of benzene rings is 1. The van der Waals surface area contributed by atoms with Gasteiger partial charge in [-0.05, 0) is 30.0 Å². The fourth-order valence-electron chi connectivity index (χ4n) is 1.30. The molecular weight excluding hydrogens is 214 g/mol. The van der Waals surface area contributed by atoms with E-state index in [1.165, 1.54) is 0 Å². The molecule has 0 aliphatic carbocycles. The molecule has 0 saturated heterocycles. The van der Waals surface area contributed by atoms with Crippen LogP contribution in [0.15, 0.2) is 18.2 Å². The fraction of sp³-hybridized carbons (Fsp3) is 0.400. The van der Waals surface area contributed by atoms with E-state index in [0.717, 1.165) is 11.1 Å². The molecule has 5 heteroatoms. The van der Waals surface area contributed by atoms with E-state index in [9.17, 15) is 8.42 Å². The van der Waals surface area contributed by atoms with Crippen LogP contribution in [-0.4, -0.2) is 13.0 Å². The Balaban J connectivity index is 3.04. The van der Waals surface area contributed by atoms with Crippen molar-refractivity contribution in [3.63, 3.8) is 0 Å². The lowest BCUT2D eigenvalue weighted by Gasteiger charge is -2.10. The molecule has 0 aromatic heterocycles. The first-order chi connectivity index (χ1) is 6.79. The topological polar surface area (TPSA) is 66.4 Å². The number of nitrogens with one attached hydrogen (secondary N) is 1. The Hall–Kier alpha value is -1.07. The van der Waals surface area contributed by atoms with Crippen LogP contribution >= 0.6 is 0 Å². The van der Waals surface area contributed by atoms with Gasteiger partial charge in [0.25, 0.3) is 0 Å². The van der Waals surface area contributed by atoms with E-state index in [2.05, 4.69) is 13.8 Å². The van der Waals surface area contributed by atoms with Gasteiger partial charge in [0.15, 0.2) is 0 Å². The van der Waals surface area contributed by atoms with Crippen LogP contribution in [0.3, 0.4) is 0 Å². The lowest BCUT2D eigenvalue weighted by Crippen LogP contribution is -2.11. The van der Waals surface area contributed by atoms with Crippen LogP contribution < -0.4 is 4.72 Å². The summed E-state index contributed by atoms with van der Waals surface area (Å²) in [6.45, 7) is 5.91. The van der Waals surface area contributed by atoms with E-state index in [0.29, 0.717) is 11.6 Å². The van der Waals surface area contributed by atoms with E-state index in [4.69, 9.17) is 4.55 Å². The summed E-state index contributed by atoms with van der Waals surface area (Å²) in [4.78, 5) is 0. The van der Waals surface area contributed by atoms with Crippen LogP contribution in [0.25, 0.3) is 0 Å². The first-order valence-corrected chi connectivity index (χ1v) is 6.09. The van der Waals surface area contributed by atoms with Crippen LogP contribution in [0.1, 0.15) is 30.9 Å². The average Bonchev–Trinajstić information content (AvgIpc) is 2.05. The van der Waals surface area contributed by atoms with Gasteiger partial charge in [-0.2, -0.15) is 8.42 Å². The largest absolute Gasteiger partial charge is 0.357 e. The predicted octanol–water partition coefficient (Wildman–Crippen LogP) is 2.33. The molecule has 1 aromatic rings. The molecule has 0 amide bonds. The highest BCUT2D eigenvalue weighted by Gasteiger charge is 2.08. The molecule has 84 valence electrons. The van der Waals surface area contributed by atoms with Gasteiger partial charge in [0.2, 0.25) is 0 Å². The Bertz CT molecular complexity index is 452. The molecule has 0 aliphatic heterocycles. The Morgan fingerprint density at radius 1 is 1.33 bits per heavy atom. The normalized spacial score (nSPS) is 11.8. The molecule has 15 heavy (non-hydrogen) atoms. The molecule has 0 fully saturated rings. The summed E-state index contributed by atoms with van der Waals surface area (Å²) >= 11 is 0. The van der Waals surface area contributed by atoms with Gasteiger partial charge in [0.05, 0.1) is 5.69 Å². The molecule has 0 radical (unpaired) electrons. The van der Waals surface area contributed by atoms with Crippen molar-refractivity contribution in [1.82, 2.24) is 0 Å². The zero-order chi connectivity index (χ0) is 11.6. The van der Waals surface area contributed by atoms with E-state index in [-0.39, 0.29) is 0 Å². The van der Waals surface area contributed by atoms with Gasteiger partial charge in [-0.15, -0.1) is 0 Å². The maximum absolute atomic E-state index is 10.6. The number of hydrogen-bond donors (Lipinski definition) is 2. The molecule has 0 atom stereocenters. The smallest absolute Gasteiger partial charge is 0.269 e. The second-order valence-corrected chi connectivity index (χ2v) is 4.96. The molecule has 0 bridgehead atoms. The highest BCUT2D eigenvalue weighted by atomic mass is 32.2. The maximum atomic E-state index is 10.6. The lowest BCUT2D eigenvalue weighted by atomic mass is 10.0. The molecule has 4 nitrogen and oxygen atoms in total. The molecule has 1 rings (SSSR count). The second-order valence-electron chi connectivity index (χ2n) is 3.81. The van der Waals surface area contributed by atoms with Crippen molar-refractivity contribution >= 4 is 16.0 Å². The van der Waals surface area contributed by atoms with Gasteiger partial charge >= 0.3 is 10.3 Å². The fourth-order valence-corrected chi connectivity index (χ4v) is 1.81. The zero-order valence-electron chi connectivity index (χ0n) is 8.98. The number of rotatable bonds is 3. The van der Waals surface area contributed by atoms with Gasteiger partial charge in [-0.3, -0.25) is 9.27 Å². The van der Waals surface area contributed by atoms with Crippen molar-refractivity contribution in [3.8, 4) is 0 Å².